The summed E-state index contributed by atoms with van der Waals surface area (Å²) in [5.41, 5.74) is 2.95. The predicted molar refractivity (Wildman–Crippen MR) is 82.5 cm³/mol. The lowest BCUT2D eigenvalue weighted by molar-refractivity contribution is -0.127. The minimum atomic E-state index is -0.649. The molecule has 0 bridgehead atoms. The van der Waals surface area contributed by atoms with Gasteiger partial charge in [0, 0.05) is 12.8 Å². The molecule has 1 saturated heterocycles. The molecule has 3 rings (SSSR count). The summed E-state index contributed by atoms with van der Waals surface area (Å²) >= 11 is 1.17. The van der Waals surface area contributed by atoms with Crippen LogP contribution in [0.5, 0.6) is 0 Å². The normalized spacial score (nSPS) is 24.9. The molecule has 1 heterocycles. The van der Waals surface area contributed by atoms with Crippen molar-refractivity contribution in [2.24, 2.45) is 0 Å². The molecule has 0 radical (unpaired) electrons. The molecule has 1 atom stereocenters. The molecule has 2 fully saturated rings. The van der Waals surface area contributed by atoms with Crippen LogP contribution in [-0.4, -0.2) is 21.4 Å². The fraction of sp³-hybridized carbons (Fsp3) is 0.471. The van der Waals surface area contributed by atoms with Gasteiger partial charge in [-0.25, -0.2) is 0 Å². The molecular formula is C17H18O3S. The van der Waals surface area contributed by atoms with Gasteiger partial charge in [0.2, 0.25) is 5.12 Å². The SMILES string of the molecule is Cc1ccc(C2C(=O)SC3(CCC(=O)CC3)C2=O)c(C)c1. The second-order valence-corrected chi connectivity index (χ2v) is 7.50. The highest BCUT2D eigenvalue weighted by Gasteiger charge is 2.55. The molecule has 1 spiro atoms. The average molecular weight is 302 g/mol. The van der Waals surface area contributed by atoms with E-state index in [0.717, 1.165) is 16.7 Å². The Hall–Kier alpha value is -1.42. The molecule has 0 N–H and O–H groups in total. The van der Waals surface area contributed by atoms with Gasteiger partial charge in [0.1, 0.15) is 11.7 Å². The number of carbonyl (C=O) groups excluding carboxylic acids is 3. The summed E-state index contributed by atoms with van der Waals surface area (Å²) < 4.78 is -0.646. The van der Waals surface area contributed by atoms with Crippen LogP contribution in [0.1, 0.15) is 48.3 Å². The van der Waals surface area contributed by atoms with Crippen LogP contribution < -0.4 is 0 Å². The molecule has 21 heavy (non-hydrogen) atoms. The van der Waals surface area contributed by atoms with Gasteiger partial charge in [-0.3, -0.25) is 14.4 Å². The van der Waals surface area contributed by atoms with Gasteiger partial charge in [0.25, 0.3) is 0 Å². The quantitative estimate of drug-likeness (QED) is 0.748. The summed E-state index contributed by atoms with van der Waals surface area (Å²) in [4.78, 5) is 36.7. The van der Waals surface area contributed by atoms with Gasteiger partial charge in [0.05, 0.1) is 4.75 Å². The lowest BCUT2D eigenvalue weighted by Crippen LogP contribution is -2.37. The standard InChI is InChI=1S/C17H18O3S/c1-10-3-4-13(11(2)9-10)14-15(19)17(21-16(14)20)7-5-12(18)6-8-17/h3-4,9,14H,5-8H2,1-2H3. The van der Waals surface area contributed by atoms with Crippen LogP contribution in [0.25, 0.3) is 0 Å². The first-order chi connectivity index (χ1) is 9.93. The molecule has 4 heteroatoms. The molecule has 1 aliphatic heterocycles. The second-order valence-electron chi connectivity index (χ2n) is 6.11. The van der Waals surface area contributed by atoms with E-state index >= 15 is 0 Å². The summed E-state index contributed by atoms with van der Waals surface area (Å²) in [5.74, 6) is -0.433. The third kappa shape index (κ3) is 2.35. The van der Waals surface area contributed by atoms with E-state index in [1.54, 1.807) is 0 Å². The van der Waals surface area contributed by atoms with E-state index in [-0.39, 0.29) is 16.7 Å². The fourth-order valence-corrected chi connectivity index (χ4v) is 4.73. The highest BCUT2D eigenvalue weighted by molar-refractivity contribution is 8.16. The van der Waals surface area contributed by atoms with Crippen molar-refractivity contribution >= 4 is 28.4 Å². The molecule has 2 aliphatic rings. The largest absolute Gasteiger partial charge is 0.300 e. The van der Waals surface area contributed by atoms with Gasteiger partial charge >= 0.3 is 0 Å². The Morgan fingerprint density at radius 3 is 2.38 bits per heavy atom. The first-order valence-corrected chi connectivity index (χ1v) is 8.11. The summed E-state index contributed by atoms with van der Waals surface area (Å²) in [6.07, 6.45) is 1.88. The number of ketones is 2. The molecule has 1 aliphatic carbocycles. The fourth-order valence-electron chi connectivity index (χ4n) is 3.37. The summed E-state index contributed by atoms with van der Waals surface area (Å²) in [6, 6.07) is 5.86. The van der Waals surface area contributed by atoms with Crippen LogP contribution in [0.2, 0.25) is 0 Å². The van der Waals surface area contributed by atoms with Crippen molar-refractivity contribution in [1.82, 2.24) is 0 Å². The molecule has 0 amide bonds. The van der Waals surface area contributed by atoms with Gasteiger partial charge in [-0.15, -0.1) is 0 Å². The van der Waals surface area contributed by atoms with E-state index in [1.807, 2.05) is 32.0 Å². The zero-order valence-electron chi connectivity index (χ0n) is 12.3. The number of carbonyl (C=O) groups is 3. The highest BCUT2D eigenvalue weighted by Crippen LogP contribution is 2.51. The number of thioether (sulfide) groups is 1. The van der Waals surface area contributed by atoms with Gasteiger partial charge in [-0.2, -0.15) is 0 Å². The first kappa shape index (κ1) is 14.5. The second kappa shape index (κ2) is 5.09. The molecule has 3 nitrogen and oxygen atoms in total. The van der Waals surface area contributed by atoms with Gasteiger partial charge in [0.15, 0.2) is 5.78 Å². The maximum absolute atomic E-state index is 12.9. The third-order valence-electron chi connectivity index (χ3n) is 4.59. The summed E-state index contributed by atoms with van der Waals surface area (Å²) in [5, 5.41) is -0.0543. The molecular weight excluding hydrogens is 284 g/mol. The Balaban J connectivity index is 1.96. The van der Waals surface area contributed by atoms with E-state index in [1.165, 1.54) is 11.8 Å². The third-order valence-corrected chi connectivity index (χ3v) is 6.03. The molecule has 110 valence electrons. The topological polar surface area (TPSA) is 51.2 Å². The zero-order valence-corrected chi connectivity index (χ0v) is 13.1. The van der Waals surface area contributed by atoms with Crippen molar-refractivity contribution in [3.05, 3.63) is 34.9 Å². The van der Waals surface area contributed by atoms with Crippen molar-refractivity contribution in [3.63, 3.8) is 0 Å². The maximum atomic E-state index is 12.9. The van der Waals surface area contributed by atoms with E-state index in [9.17, 15) is 14.4 Å². The lowest BCUT2D eigenvalue weighted by atomic mass is 9.78. The van der Waals surface area contributed by atoms with E-state index in [2.05, 4.69) is 0 Å². The van der Waals surface area contributed by atoms with E-state index < -0.39 is 10.7 Å². The maximum Gasteiger partial charge on any atom is 0.204 e. The molecule has 1 saturated carbocycles. The summed E-state index contributed by atoms with van der Waals surface area (Å²) in [6.45, 7) is 3.95. The first-order valence-electron chi connectivity index (χ1n) is 7.29. The minimum Gasteiger partial charge on any atom is -0.300 e. The highest BCUT2D eigenvalue weighted by atomic mass is 32.2. The minimum absolute atomic E-state index is 0.0111. The van der Waals surface area contributed by atoms with Crippen LogP contribution in [0.4, 0.5) is 0 Å². The molecule has 1 aromatic rings. The number of hydrogen-bond donors (Lipinski definition) is 0. The van der Waals surface area contributed by atoms with E-state index in [4.69, 9.17) is 0 Å². The Kier molecular flexibility index (Phi) is 3.52. The van der Waals surface area contributed by atoms with E-state index in [0.29, 0.717) is 25.7 Å². The monoisotopic (exact) mass is 302 g/mol. The van der Waals surface area contributed by atoms with Crippen molar-refractivity contribution in [3.8, 4) is 0 Å². The van der Waals surface area contributed by atoms with Gasteiger partial charge < -0.3 is 0 Å². The Morgan fingerprint density at radius 2 is 1.76 bits per heavy atom. The number of benzene rings is 1. The van der Waals surface area contributed by atoms with Crippen molar-refractivity contribution in [2.75, 3.05) is 0 Å². The van der Waals surface area contributed by atoms with Crippen LogP contribution in [0, 0.1) is 13.8 Å². The summed E-state index contributed by atoms with van der Waals surface area (Å²) in [7, 11) is 0. The predicted octanol–water partition coefficient (Wildman–Crippen LogP) is 3.11. The van der Waals surface area contributed by atoms with Crippen LogP contribution in [0.3, 0.4) is 0 Å². The number of hydrogen-bond acceptors (Lipinski definition) is 4. The van der Waals surface area contributed by atoms with Crippen LogP contribution in [-0.2, 0) is 14.4 Å². The molecule has 1 unspecified atom stereocenters. The van der Waals surface area contributed by atoms with Gasteiger partial charge in [-0.05, 0) is 37.8 Å². The van der Waals surface area contributed by atoms with Crippen LogP contribution >= 0.6 is 11.8 Å². The van der Waals surface area contributed by atoms with Crippen molar-refractivity contribution in [2.45, 2.75) is 50.2 Å². The Bertz CT molecular complexity index is 637. The number of Topliss-reactive ketones (excluding diaryl/α,β-unsaturated/α-hetero) is 2. The Morgan fingerprint density at radius 1 is 1.10 bits per heavy atom. The van der Waals surface area contributed by atoms with Crippen molar-refractivity contribution in [1.29, 1.82) is 0 Å². The smallest absolute Gasteiger partial charge is 0.204 e. The van der Waals surface area contributed by atoms with Gasteiger partial charge in [-0.1, -0.05) is 35.5 Å². The number of aryl methyl sites for hydroxylation is 2. The number of rotatable bonds is 1. The van der Waals surface area contributed by atoms with Crippen LogP contribution in [0.15, 0.2) is 18.2 Å². The zero-order chi connectivity index (χ0) is 15.2. The molecule has 0 aromatic heterocycles. The average Bonchev–Trinajstić information content (AvgIpc) is 2.66. The molecule has 1 aromatic carbocycles. The van der Waals surface area contributed by atoms with Crippen molar-refractivity contribution < 1.29 is 14.4 Å². The Labute approximate surface area is 128 Å². The lowest BCUT2D eigenvalue weighted by Gasteiger charge is -2.29.